The van der Waals surface area contributed by atoms with Crippen LogP contribution < -0.4 is 14.8 Å². The second kappa shape index (κ2) is 10.9. The van der Waals surface area contributed by atoms with Gasteiger partial charge >= 0.3 is 0 Å². The van der Waals surface area contributed by atoms with Crippen molar-refractivity contribution in [1.29, 1.82) is 0 Å². The van der Waals surface area contributed by atoms with Crippen molar-refractivity contribution in [2.24, 2.45) is 4.99 Å². The van der Waals surface area contributed by atoms with Gasteiger partial charge in [-0.15, -0.1) is 0 Å². The Morgan fingerprint density at radius 2 is 1.41 bits per heavy atom. The van der Waals surface area contributed by atoms with Crippen molar-refractivity contribution < 1.29 is 14.3 Å². The predicted octanol–water partition coefficient (Wildman–Crippen LogP) is 2.37. The van der Waals surface area contributed by atoms with Gasteiger partial charge in [-0.05, 0) is 35.4 Å². The lowest BCUT2D eigenvalue weighted by Crippen LogP contribution is -2.43. The van der Waals surface area contributed by atoms with Crippen molar-refractivity contribution in [3.8, 4) is 11.5 Å². The fourth-order valence-electron chi connectivity index (χ4n) is 2.60. The molecule has 0 unspecified atom stereocenters. The van der Waals surface area contributed by atoms with Gasteiger partial charge in [-0.1, -0.05) is 24.3 Å². The zero-order valence-electron chi connectivity index (χ0n) is 17.8. The lowest BCUT2D eigenvalue weighted by atomic mass is 10.2. The van der Waals surface area contributed by atoms with Crippen LogP contribution in [0.25, 0.3) is 0 Å². The van der Waals surface area contributed by atoms with Crippen LogP contribution in [0.15, 0.2) is 53.5 Å². The van der Waals surface area contributed by atoms with Gasteiger partial charge in [0.25, 0.3) is 0 Å². The maximum Gasteiger partial charge on any atom is 0.241 e. The Morgan fingerprint density at radius 3 is 1.90 bits per heavy atom. The molecule has 2 rings (SSSR count). The van der Waals surface area contributed by atoms with Crippen LogP contribution in [0.5, 0.6) is 11.5 Å². The maximum atomic E-state index is 12.0. The molecule has 2 aromatic rings. The fourth-order valence-corrected chi connectivity index (χ4v) is 2.60. The molecule has 0 saturated carbocycles. The molecule has 0 fully saturated rings. The highest BCUT2D eigenvalue weighted by Crippen LogP contribution is 2.14. The van der Waals surface area contributed by atoms with E-state index < -0.39 is 0 Å². The normalized spacial score (nSPS) is 11.0. The average molecular weight is 399 g/mol. The average Bonchev–Trinajstić information content (AvgIpc) is 2.74. The molecule has 1 amide bonds. The van der Waals surface area contributed by atoms with Crippen LogP contribution in [-0.2, 0) is 17.9 Å². The highest BCUT2D eigenvalue weighted by molar-refractivity contribution is 5.86. The summed E-state index contributed by atoms with van der Waals surface area (Å²) in [6, 6.07) is 15.7. The van der Waals surface area contributed by atoms with Gasteiger partial charge in [0, 0.05) is 27.7 Å². The van der Waals surface area contributed by atoms with E-state index in [0.717, 1.165) is 22.6 Å². The number of likely N-dealkylation sites (N-methyl/N-ethyl adjacent to an activating group) is 1. The lowest BCUT2D eigenvalue weighted by Gasteiger charge is -2.23. The number of guanidine groups is 1. The largest absolute Gasteiger partial charge is 0.497 e. The Kier molecular flexibility index (Phi) is 8.33. The molecule has 0 heterocycles. The zero-order chi connectivity index (χ0) is 21.2. The first kappa shape index (κ1) is 22.1. The van der Waals surface area contributed by atoms with E-state index in [1.54, 1.807) is 33.2 Å². The van der Waals surface area contributed by atoms with Crippen LogP contribution in [0.4, 0.5) is 0 Å². The van der Waals surface area contributed by atoms with Gasteiger partial charge in [0.05, 0.1) is 27.3 Å². The first-order chi connectivity index (χ1) is 13.9. The summed E-state index contributed by atoms with van der Waals surface area (Å²) in [5.41, 5.74) is 2.17. The van der Waals surface area contributed by atoms with E-state index in [2.05, 4.69) is 5.32 Å². The van der Waals surface area contributed by atoms with E-state index in [4.69, 9.17) is 14.5 Å². The van der Waals surface area contributed by atoms with Crippen molar-refractivity contribution in [3.05, 3.63) is 59.7 Å². The number of hydrogen-bond donors (Lipinski definition) is 1. The first-order valence-corrected chi connectivity index (χ1v) is 9.38. The van der Waals surface area contributed by atoms with Gasteiger partial charge in [0.1, 0.15) is 11.5 Å². The zero-order valence-corrected chi connectivity index (χ0v) is 17.8. The fraction of sp³-hybridized carbons (Fsp3) is 0.364. The van der Waals surface area contributed by atoms with Gasteiger partial charge in [0.2, 0.25) is 5.91 Å². The van der Waals surface area contributed by atoms with Gasteiger partial charge < -0.3 is 24.6 Å². The van der Waals surface area contributed by atoms with E-state index in [-0.39, 0.29) is 12.5 Å². The molecule has 0 radical (unpaired) electrons. The summed E-state index contributed by atoms with van der Waals surface area (Å²) in [5.74, 6) is 2.27. The predicted molar refractivity (Wildman–Crippen MR) is 115 cm³/mol. The van der Waals surface area contributed by atoms with Crippen LogP contribution in [0.3, 0.4) is 0 Å². The van der Waals surface area contributed by atoms with E-state index in [9.17, 15) is 4.79 Å². The molecular formula is C22H30N4O3. The number of aliphatic imine (C=N–C) groups is 1. The van der Waals surface area contributed by atoms with Gasteiger partial charge in [0.15, 0.2) is 5.96 Å². The molecule has 29 heavy (non-hydrogen) atoms. The monoisotopic (exact) mass is 398 g/mol. The Morgan fingerprint density at radius 1 is 0.897 bits per heavy atom. The van der Waals surface area contributed by atoms with Crippen LogP contribution in [0.2, 0.25) is 0 Å². The number of amides is 1. The number of nitrogens with one attached hydrogen (secondary N) is 1. The Balaban J connectivity index is 2.11. The quantitative estimate of drug-likeness (QED) is 0.546. The van der Waals surface area contributed by atoms with Crippen LogP contribution in [0, 0.1) is 0 Å². The third kappa shape index (κ3) is 7.03. The SMILES string of the molecule is COc1ccc(CN=C(NCC(=O)N(C)C)N(C)Cc2ccc(OC)cc2)cc1. The number of methoxy groups -OCH3 is 2. The van der Waals surface area contributed by atoms with E-state index >= 15 is 0 Å². The molecule has 2 aromatic carbocycles. The van der Waals surface area contributed by atoms with Crippen molar-refractivity contribution in [1.82, 2.24) is 15.1 Å². The van der Waals surface area contributed by atoms with Gasteiger partial charge in [-0.3, -0.25) is 4.79 Å². The number of carbonyl (C=O) groups is 1. The molecule has 7 nitrogen and oxygen atoms in total. The second-order valence-corrected chi connectivity index (χ2v) is 6.83. The minimum atomic E-state index is -0.0139. The molecule has 0 aliphatic heterocycles. The van der Waals surface area contributed by atoms with Crippen LogP contribution >= 0.6 is 0 Å². The maximum absolute atomic E-state index is 12.0. The minimum Gasteiger partial charge on any atom is -0.497 e. The number of nitrogens with zero attached hydrogens (tertiary/aromatic N) is 3. The van der Waals surface area contributed by atoms with Crippen LogP contribution in [-0.4, -0.2) is 63.6 Å². The number of rotatable bonds is 8. The number of ether oxygens (including phenoxy) is 2. The van der Waals surface area contributed by atoms with Crippen molar-refractivity contribution in [2.45, 2.75) is 13.1 Å². The van der Waals surface area contributed by atoms with Crippen molar-refractivity contribution in [2.75, 3.05) is 41.9 Å². The summed E-state index contributed by atoms with van der Waals surface area (Å²) in [7, 11) is 8.71. The summed E-state index contributed by atoms with van der Waals surface area (Å²) in [4.78, 5) is 20.3. The van der Waals surface area contributed by atoms with E-state index in [1.807, 2.05) is 60.5 Å². The third-order valence-corrected chi connectivity index (χ3v) is 4.41. The molecule has 0 aromatic heterocycles. The summed E-state index contributed by atoms with van der Waals surface area (Å²) in [6.45, 7) is 1.32. The Labute approximate surface area is 172 Å². The van der Waals surface area contributed by atoms with E-state index in [0.29, 0.717) is 19.0 Å². The van der Waals surface area contributed by atoms with Gasteiger partial charge in [-0.2, -0.15) is 0 Å². The molecule has 0 bridgehead atoms. The van der Waals surface area contributed by atoms with Crippen molar-refractivity contribution >= 4 is 11.9 Å². The lowest BCUT2D eigenvalue weighted by molar-refractivity contribution is -0.127. The van der Waals surface area contributed by atoms with Gasteiger partial charge in [-0.25, -0.2) is 4.99 Å². The summed E-state index contributed by atoms with van der Waals surface area (Å²) in [6.07, 6.45) is 0. The Hall–Kier alpha value is -3.22. The smallest absolute Gasteiger partial charge is 0.241 e. The molecule has 0 atom stereocenters. The Bertz CT molecular complexity index is 802. The topological polar surface area (TPSA) is 66.4 Å². The molecule has 156 valence electrons. The highest BCUT2D eigenvalue weighted by atomic mass is 16.5. The molecule has 0 aliphatic rings. The van der Waals surface area contributed by atoms with E-state index in [1.165, 1.54) is 0 Å². The molecule has 0 aliphatic carbocycles. The first-order valence-electron chi connectivity index (χ1n) is 9.38. The summed E-state index contributed by atoms with van der Waals surface area (Å²) < 4.78 is 10.4. The molecule has 0 spiro atoms. The standard InChI is InChI=1S/C22H30N4O3/c1-25(2)21(27)15-24-22(23-14-17-6-10-19(28-4)11-7-17)26(3)16-18-8-12-20(29-5)13-9-18/h6-13H,14-16H2,1-5H3,(H,23,24). The third-order valence-electron chi connectivity index (χ3n) is 4.41. The number of carbonyl (C=O) groups excluding carboxylic acids is 1. The molecule has 1 N–H and O–H groups in total. The van der Waals surface area contributed by atoms with Crippen molar-refractivity contribution in [3.63, 3.8) is 0 Å². The highest BCUT2D eigenvalue weighted by Gasteiger charge is 2.11. The molecular weight excluding hydrogens is 368 g/mol. The molecule has 0 saturated heterocycles. The second-order valence-electron chi connectivity index (χ2n) is 6.83. The molecule has 7 heteroatoms. The summed E-state index contributed by atoms with van der Waals surface area (Å²) >= 11 is 0. The number of hydrogen-bond acceptors (Lipinski definition) is 4. The summed E-state index contributed by atoms with van der Waals surface area (Å²) in [5, 5.41) is 3.17. The number of benzene rings is 2. The van der Waals surface area contributed by atoms with Crippen LogP contribution in [0.1, 0.15) is 11.1 Å². The minimum absolute atomic E-state index is 0.0139.